The molecule has 0 aliphatic rings. The van der Waals surface area contributed by atoms with Crippen LogP contribution >= 0.6 is 0 Å². The minimum Gasteiger partial charge on any atom is -0.489 e. The number of H-pyrrole nitrogens is 1. The van der Waals surface area contributed by atoms with Crippen LogP contribution < -0.4 is 9.47 Å². The zero-order chi connectivity index (χ0) is 21.9. The highest BCUT2D eigenvalue weighted by Crippen LogP contribution is 2.29. The van der Waals surface area contributed by atoms with Crippen LogP contribution in [0, 0.1) is 6.92 Å². The third kappa shape index (κ3) is 4.78. The molecule has 0 amide bonds. The smallest absolute Gasteiger partial charge is 0.461 e. The Bertz CT molecular complexity index is 1090. The van der Waals surface area contributed by atoms with Gasteiger partial charge in [0.1, 0.15) is 18.1 Å². The maximum Gasteiger partial charge on any atom is 0.461 e. The van der Waals surface area contributed by atoms with E-state index in [1.807, 2.05) is 0 Å². The molecule has 0 fully saturated rings. The van der Waals surface area contributed by atoms with E-state index in [0.29, 0.717) is 29.1 Å². The van der Waals surface area contributed by atoms with Crippen molar-refractivity contribution in [1.29, 1.82) is 0 Å². The highest BCUT2D eigenvalue weighted by atomic mass is 32.2. The molecule has 0 saturated carbocycles. The Balaban J connectivity index is 1.80. The van der Waals surface area contributed by atoms with Crippen LogP contribution in [0.15, 0.2) is 48.3 Å². The Morgan fingerprint density at radius 2 is 2.10 bits per heavy atom. The van der Waals surface area contributed by atoms with Crippen molar-refractivity contribution in [2.45, 2.75) is 30.4 Å². The number of halogens is 4. The normalized spacial score (nSPS) is 12.9. The first-order valence-corrected chi connectivity index (χ1v) is 9.94. The van der Waals surface area contributed by atoms with Gasteiger partial charge >= 0.3 is 12.5 Å². The van der Waals surface area contributed by atoms with Crippen molar-refractivity contribution >= 4 is 21.8 Å². The summed E-state index contributed by atoms with van der Waals surface area (Å²) in [4.78, 5) is 11.1. The monoisotopic (exact) mass is 443 g/mol. The van der Waals surface area contributed by atoms with Gasteiger partial charge in [-0.25, -0.2) is 4.98 Å². The van der Waals surface area contributed by atoms with E-state index in [0.717, 1.165) is 12.1 Å². The Morgan fingerprint density at radius 3 is 2.80 bits per heavy atom. The molecule has 0 spiro atoms. The zero-order valence-electron chi connectivity index (χ0n) is 15.7. The summed E-state index contributed by atoms with van der Waals surface area (Å²) in [5.74, 6) is 0.144. The lowest BCUT2D eigenvalue weighted by Gasteiger charge is -2.16. The van der Waals surface area contributed by atoms with E-state index in [1.165, 1.54) is 12.3 Å². The number of fused-ring (bicyclic) bond motifs is 1. The molecule has 0 radical (unpaired) electrons. The van der Waals surface area contributed by atoms with Crippen molar-refractivity contribution in [1.82, 2.24) is 15.0 Å². The molecule has 3 aromatic rings. The first-order valence-electron chi connectivity index (χ1n) is 8.62. The van der Waals surface area contributed by atoms with Crippen molar-refractivity contribution in [3.05, 3.63) is 54.4 Å². The molecule has 0 aliphatic carbocycles. The predicted molar refractivity (Wildman–Crippen MR) is 102 cm³/mol. The largest absolute Gasteiger partial charge is 0.489 e. The summed E-state index contributed by atoms with van der Waals surface area (Å²) in [5.41, 5.74) is 1.79. The molecule has 3 rings (SSSR count). The molecule has 1 atom stereocenters. The van der Waals surface area contributed by atoms with Gasteiger partial charge in [0.15, 0.2) is 5.16 Å². The van der Waals surface area contributed by atoms with E-state index < -0.39 is 29.1 Å². The van der Waals surface area contributed by atoms with Gasteiger partial charge in [0.2, 0.25) is 0 Å². The number of pyridine rings is 1. The van der Waals surface area contributed by atoms with Crippen LogP contribution in [0.2, 0.25) is 0 Å². The summed E-state index contributed by atoms with van der Waals surface area (Å²) in [7, 11) is -1.64. The Morgan fingerprint density at radius 1 is 1.33 bits per heavy atom. The average molecular weight is 443 g/mol. The van der Waals surface area contributed by atoms with Gasteiger partial charge in [-0.1, -0.05) is 12.7 Å². The number of rotatable bonds is 9. The molecule has 6 nitrogen and oxygen atoms in total. The first kappa shape index (κ1) is 21.8. The van der Waals surface area contributed by atoms with Crippen LogP contribution in [0.4, 0.5) is 17.6 Å². The van der Waals surface area contributed by atoms with E-state index in [-0.39, 0.29) is 16.4 Å². The van der Waals surface area contributed by atoms with Crippen molar-refractivity contribution < 1.29 is 31.2 Å². The fourth-order valence-electron chi connectivity index (χ4n) is 2.54. The van der Waals surface area contributed by atoms with Crippen LogP contribution in [-0.4, -0.2) is 38.3 Å². The summed E-state index contributed by atoms with van der Waals surface area (Å²) in [6.45, 7) is 5.67. The highest BCUT2D eigenvalue weighted by Gasteiger charge is 2.44. The van der Waals surface area contributed by atoms with Crippen LogP contribution in [-0.2, 0) is 16.6 Å². The maximum absolute atomic E-state index is 13.1. The lowest BCUT2D eigenvalue weighted by molar-refractivity contribution is -0.253. The number of alkyl halides is 4. The Hall–Kier alpha value is -2.95. The van der Waals surface area contributed by atoms with Crippen molar-refractivity contribution in [3.63, 3.8) is 0 Å². The van der Waals surface area contributed by atoms with Crippen LogP contribution in [0.5, 0.6) is 11.5 Å². The van der Waals surface area contributed by atoms with Crippen molar-refractivity contribution in [3.8, 4) is 11.5 Å². The quantitative estimate of drug-likeness (QED) is 0.393. The summed E-state index contributed by atoms with van der Waals surface area (Å²) < 4.78 is 73.1. The van der Waals surface area contributed by atoms with Gasteiger partial charge in [0.25, 0.3) is 0 Å². The Kier molecular flexibility index (Phi) is 6.40. The fourth-order valence-corrected chi connectivity index (χ4v) is 3.64. The summed E-state index contributed by atoms with van der Waals surface area (Å²) >= 11 is 0. The minimum atomic E-state index is -4.62. The van der Waals surface area contributed by atoms with Gasteiger partial charge in [0, 0.05) is 17.8 Å². The van der Waals surface area contributed by atoms with Gasteiger partial charge in [-0.2, -0.15) is 17.6 Å². The number of benzene rings is 1. The molecule has 1 aromatic carbocycles. The minimum absolute atomic E-state index is 0.0315. The van der Waals surface area contributed by atoms with Gasteiger partial charge in [0.05, 0.1) is 33.3 Å². The van der Waals surface area contributed by atoms with E-state index >= 15 is 0 Å². The van der Waals surface area contributed by atoms with E-state index in [9.17, 15) is 21.8 Å². The van der Waals surface area contributed by atoms with Gasteiger partial charge in [-0.15, -0.1) is 0 Å². The van der Waals surface area contributed by atoms with Crippen LogP contribution in [0.25, 0.3) is 11.0 Å². The number of nitrogens with one attached hydrogen (secondary N) is 1. The molecule has 0 saturated heterocycles. The molecule has 1 N–H and O–H groups in total. The second-order valence-electron chi connectivity index (χ2n) is 6.16. The number of aromatic amines is 1. The Labute approximate surface area is 171 Å². The number of ether oxygens (including phenoxy) is 2. The fraction of sp³-hybridized carbons (Fsp3) is 0.263. The third-order valence-electron chi connectivity index (χ3n) is 4.04. The molecule has 2 aromatic heterocycles. The first-order chi connectivity index (χ1) is 14.2. The molecule has 1 unspecified atom stereocenters. The van der Waals surface area contributed by atoms with Crippen molar-refractivity contribution in [2.75, 3.05) is 6.61 Å². The number of nitrogens with zero attached hydrogens (tertiary/aromatic N) is 2. The van der Waals surface area contributed by atoms with Gasteiger partial charge < -0.3 is 14.5 Å². The van der Waals surface area contributed by atoms with E-state index in [4.69, 9.17) is 4.74 Å². The second kappa shape index (κ2) is 8.82. The second-order valence-corrected chi connectivity index (χ2v) is 7.52. The van der Waals surface area contributed by atoms with Gasteiger partial charge in [-0.05, 0) is 25.1 Å². The van der Waals surface area contributed by atoms with Crippen LogP contribution in [0.1, 0.15) is 11.3 Å². The summed E-state index contributed by atoms with van der Waals surface area (Å²) in [6, 6.07) is 5.16. The topological polar surface area (TPSA) is 77.1 Å². The lowest BCUT2D eigenvalue weighted by atomic mass is 10.2. The molecule has 0 bridgehead atoms. The van der Waals surface area contributed by atoms with Crippen molar-refractivity contribution in [2.24, 2.45) is 0 Å². The zero-order valence-corrected chi connectivity index (χ0v) is 16.5. The summed E-state index contributed by atoms with van der Waals surface area (Å²) in [6.07, 6.45) is -5.47. The highest BCUT2D eigenvalue weighted by molar-refractivity contribution is 7.84. The number of aromatic nitrogens is 3. The maximum atomic E-state index is 13.1. The van der Waals surface area contributed by atoms with Crippen LogP contribution in [0.3, 0.4) is 0 Å². The molecular weight excluding hydrogens is 426 g/mol. The molecule has 0 aliphatic heterocycles. The lowest BCUT2D eigenvalue weighted by Crippen LogP contribution is -2.33. The SMILES string of the molecule is C=CCOc1ccnc(CS(=O)c2nc3ccc(OC(F)(F)C(F)F)cc3[nH]2)c1C. The molecule has 11 heteroatoms. The van der Waals surface area contributed by atoms with E-state index in [1.54, 1.807) is 19.1 Å². The number of hydrogen-bond acceptors (Lipinski definition) is 5. The number of hydrogen-bond donors (Lipinski definition) is 1. The number of imidazole rings is 1. The van der Waals surface area contributed by atoms with E-state index in [2.05, 4.69) is 26.3 Å². The summed E-state index contributed by atoms with van der Waals surface area (Å²) in [5, 5.41) is 0.0846. The third-order valence-corrected chi connectivity index (χ3v) is 5.20. The molecular formula is C19H17F4N3O3S. The van der Waals surface area contributed by atoms with Gasteiger partial charge in [-0.3, -0.25) is 9.19 Å². The molecule has 160 valence electrons. The standard InChI is InChI=1S/C19H17F4N3O3S/c1-3-8-28-16-6-7-24-15(11(16)2)10-30(27)18-25-13-5-4-12(9-14(13)26-18)29-19(22,23)17(20)21/h3-7,9,17H,1,8,10H2,2H3,(H,25,26). The molecule has 2 heterocycles. The average Bonchev–Trinajstić information content (AvgIpc) is 3.11. The predicted octanol–water partition coefficient (Wildman–Crippen LogP) is 4.38. The molecule has 30 heavy (non-hydrogen) atoms.